The lowest BCUT2D eigenvalue weighted by atomic mass is 9.96. The lowest BCUT2D eigenvalue weighted by Gasteiger charge is -2.16. The Kier molecular flexibility index (Phi) is 3.04. The molecule has 11 heavy (non-hydrogen) atoms. The van der Waals surface area contributed by atoms with Gasteiger partial charge in [-0.25, -0.2) is 4.79 Å². The Bertz CT molecular complexity index is 179. The van der Waals surface area contributed by atoms with Gasteiger partial charge in [0.15, 0.2) is 11.8 Å². The summed E-state index contributed by atoms with van der Waals surface area (Å²) in [5.41, 5.74) is 3.23. The molecule has 0 heterocycles. The molecule has 0 spiro atoms. The summed E-state index contributed by atoms with van der Waals surface area (Å²) >= 11 is 0. The highest BCUT2D eigenvalue weighted by molar-refractivity contribution is 5.96. The number of hydrogen-bond donors (Lipinski definition) is 2. The van der Waals surface area contributed by atoms with Crippen molar-refractivity contribution >= 4 is 12.2 Å². The summed E-state index contributed by atoms with van der Waals surface area (Å²) in [6, 6.07) is 0. The van der Waals surface area contributed by atoms with E-state index in [1.54, 1.807) is 0 Å². The average Bonchev–Trinajstić information content (AvgIpc) is 1.99. The van der Waals surface area contributed by atoms with Crippen molar-refractivity contribution in [2.45, 2.75) is 31.7 Å². The van der Waals surface area contributed by atoms with Gasteiger partial charge < -0.3 is 15.6 Å². The molecule has 0 amide bonds. The zero-order valence-corrected chi connectivity index (χ0v) is 6.46. The molecule has 1 atom stereocenters. The van der Waals surface area contributed by atoms with Crippen molar-refractivity contribution in [3.63, 3.8) is 0 Å². The van der Waals surface area contributed by atoms with Gasteiger partial charge in [0.2, 0.25) is 0 Å². The minimum Gasteiger partial charge on any atom is -0.480 e. The van der Waals surface area contributed by atoms with E-state index in [1.165, 1.54) is 0 Å². The second kappa shape index (κ2) is 4.08. The first-order valence-corrected chi connectivity index (χ1v) is 3.48. The van der Waals surface area contributed by atoms with Crippen molar-refractivity contribution in [2.24, 2.45) is 5.73 Å². The Morgan fingerprint density at radius 1 is 1.91 bits per heavy atom. The molecule has 4 heteroatoms. The van der Waals surface area contributed by atoms with Gasteiger partial charge in [0.1, 0.15) is 1.37 Å². The smallest absolute Gasteiger partial charge is 0.331 e. The van der Waals surface area contributed by atoms with Crippen LogP contribution in [-0.4, -0.2) is 22.9 Å². The van der Waals surface area contributed by atoms with E-state index in [-0.39, 0.29) is 6.42 Å². The van der Waals surface area contributed by atoms with Crippen LogP contribution in [0.15, 0.2) is 0 Å². The van der Waals surface area contributed by atoms with Crippen LogP contribution in [0.25, 0.3) is 0 Å². The fraction of sp³-hybridized carbons (Fsp3) is 0.714. The van der Waals surface area contributed by atoms with Gasteiger partial charge in [0.05, 0.1) is 0 Å². The van der Waals surface area contributed by atoms with Gasteiger partial charge in [-0.2, -0.15) is 0 Å². The number of carboxylic acids is 1. The van der Waals surface area contributed by atoms with E-state index in [1.807, 2.05) is 6.92 Å². The van der Waals surface area contributed by atoms with Crippen LogP contribution < -0.4 is 5.73 Å². The molecule has 0 saturated carbocycles. The average molecular weight is 160 g/mol. The number of rotatable bonds is 5. The van der Waals surface area contributed by atoms with Crippen molar-refractivity contribution in [1.82, 2.24) is 0 Å². The zero-order valence-electron chi connectivity index (χ0n) is 7.46. The number of carbonyl (C=O) groups is 2. The maximum atomic E-state index is 10.6. The Labute approximate surface area is 66.8 Å². The Balaban J connectivity index is 4.40. The topological polar surface area (TPSA) is 80.4 Å². The molecule has 0 aromatic rings. The van der Waals surface area contributed by atoms with Crippen molar-refractivity contribution < 1.29 is 16.1 Å². The van der Waals surface area contributed by atoms with Gasteiger partial charge >= 0.3 is 5.97 Å². The van der Waals surface area contributed by atoms with Gasteiger partial charge in [0, 0.05) is 0 Å². The van der Waals surface area contributed by atoms with Crippen molar-refractivity contribution in [2.75, 3.05) is 0 Å². The first-order valence-electron chi connectivity index (χ1n) is 3.98. The lowest BCUT2D eigenvalue weighted by molar-refractivity contribution is -0.145. The standard InChI is InChI=1S/C7H13NO3/c1-2-3-4-7(8,5-9)6(10)11/h5H,2-4,8H2,1H3,(H,10,11)/i5D. The quantitative estimate of drug-likeness (QED) is 0.443. The number of hydrogen-bond acceptors (Lipinski definition) is 3. The molecular weight excluding hydrogens is 146 g/mol. The summed E-state index contributed by atoms with van der Waals surface area (Å²) in [6.07, 6.45) is 0.0807. The largest absolute Gasteiger partial charge is 0.480 e. The molecule has 0 aliphatic rings. The van der Waals surface area contributed by atoms with Gasteiger partial charge in [-0.3, -0.25) is 0 Å². The number of aliphatic carboxylic acids is 1. The Morgan fingerprint density at radius 2 is 2.45 bits per heavy atom. The Hall–Kier alpha value is -0.900. The number of aldehydes is 1. The van der Waals surface area contributed by atoms with Crippen LogP contribution in [0, 0.1) is 0 Å². The Morgan fingerprint density at radius 3 is 2.73 bits per heavy atom. The molecule has 0 bridgehead atoms. The van der Waals surface area contributed by atoms with Gasteiger partial charge in [-0.1, -0.05) is 19.8 Å². The molecule has 0 aliphatic heterocycles. The fourth-order valence-corrected chi connectivity index (χ4v) is 0.657. The van der Waals surface area contributed by atoms with E-state index in [0.29, 0.717) is 6.42 Å². The monoisotopic (exact) mass is 160 g/mol. The van der Waals surface area contributed by atoms with Crippen molar-refractivity contribution in [3.8, 4) is 0 Å². The minimum absolute atomic E-state index is 0.0289. The highest BCUT2D eigenvalue weighted by Gasteiger charge is 2.32. The summed E-state index contributed by atoms with van der Waals surface area (Å²) in [6.45, 7) is 1.86. The second-order valence-electron chi connectivity index (χ2n) is 2.48. The van der Waals surface area contributed by atoms with Crippen LogP contribution in [0.3, 0.4) is 0 Å². The highest BCUT2D eigenvalue weighted by atomic mass is 16.4. The van der Waals surface area contributed by atoms with Gasteiger partial charge in [-0.05, 0) is 6.42 Å². The number of unbranched alkanes of at least 4 members (excludes halogenated alkanes) is 1. The van der Waals surface area contributed by atoms with Crippen molar-refractivity contribution in [3.05, 3.63) is 0 Å². The summed E-state index contributed by atoms with van der Waals surface area (Å²) in [4.78, 5) is 21.1. The third kappa shape index (κ3) is 2.67. The molecule has 0 saturated heterocycles. The van der Waals surface area contributed by atoms with E-state index < -0.39 is 17.8 Å². The third-order valence-corrected chi connectivity index (χ3v) is 1.49. The molecule has 0 aliphatic carbocycles. The maximum Gasteiger partial charge on any atom is 0.331 e. The van der Waals surface area contributed by atoms with E-state index in [0.717, 1.165) is 6.42 Å². The van der Waals surface area contributed by atoms with Gasteiger partial charge in [0.25, 0.3) is 0 Å². The van der Waals surface area contributed by atoms with E-state index >= 15 is 0 Å². The molecule has 0 fully saturated rings. The first kappa shape index (κ1) is 8.20. The molecule has 3 N–H and O–H groups in total. The molecule has 1 unspecified atom stereocenters. The van der Waals surface area contributed by atoms with E-state index in [4.69, 9.17) is 12.2 Å². The molecule has 0 aromatic carbocycles. The predicted octanol–water partition coefficient (Wildman–Crippen LogP) is 0.158. The zero-order chi connectivity index (χ0) is 9.78. The van der Waals surface area contributed by atoms with E-state index in [2.05, 4.69) is 0 Å². The second-order valence-corrected chi connectivity index (χ2v) is 2.48. The van der Waals surface area contributed by atoms with Crippen LogP contribution in [0.5, 0.6) is 0 Å². The SMILES string of the molecule is [2H]C(=O)C(N)(CCCC)C(=O)O. The van der Waals surface area contributed by atoms with Crippen LogP contribution in [0.1, 0.15) is 27.6 Å². The van der Waals surface area contributed by atoms with Crippen molar-refractivity contribution in [1.29, 1.82) is 0 Å². The summed E-state index contributed by atoms with van der Waals surface area (Å²) in [5, 5.41) is 8.56. The molecule has 64 valence electrons. The van der Waals surface area contributed by atoms with Crippen LogP contribution >= 0.6 is 0 Å². The summed E-state index contributed by atoms with van der Waals surface area (Å²) < 4.78 is 6.70. The number of carbonyl (C=O) groups excluding carboxylic acids is 1. The molecule has 0 rings (SSSR count). The third-order valence-electron chi connectivity index (χ3n) is 1.49. The fourth-order valence-electron chi connectivity index (χ4n) is 0.657. The van der Waals surface area contributed by atoms with Crippen LogP contribution in [0.4, 0.5) is 0 Å². The minimum atomic E-state index is -2.00. The normalized spacial score (nSPS) is 16.7. The summed E-state index contributed by atoms with van der Waals surface area (Å²) in [5.74, 6) is -1.42. The summed E-state index contributed by atoms with van der Waals surface area (Å²) in [7, 11) is 0. The number of carboxylic acid groups (broad SMARTS) is 1. The molecule has 0 aromatic heterocycles. The molecular formula is C7H13NO3. The van der Waals surface area contributed by atoms with Crippen LogP contribution in [0.2, 0.25) is 0 Å². The maximum absolute atomic E-state index is 10.6. The van der Waals surface area contributed by atoms with Crippen LogP contribution in [-0.2, 0) is 9.59 Å². The molecule has 0 radical (unpaired) electrons. The highest BCUT2D eigenvalue weighted by Crippen LogP contribution is 2.08. The predicted molar refractivity (Wildman–Crippen MR) is 40.1 cm³/mol. The van der Waals surface area contributed by atoms with Gasteiger partial charge in [-0.15, -0.1) is 0 Å². The number of nitrogens with two attached hydrogens (primary N) is 1. The first-order chi connectivity index (χ1) is 5.45. The lowest BCUT2D eigenvalue weighted by Crippen LogP contribution is -2.49. The molecule has 4 nitrogen and oxygen atoms in total. The van der Waals surface area contributed by atoms with E-state index in [9.17, 15) is 9.59 Å².